The van der Waals surface area contributed by atoms with Crippen LogP contribution < -0.4 is 14.2 Å². The highest BCUT2D eigenvalue weighted by Crippen LogP contribution is 2.47. The van der Waals surface area contributed by atoms with Crippen LogP contribution in [-0.2, 0) is 0 Å². The first-order valence-electron chi connectivity index (χ1n) is 7.03. The quantitative estimate of drug-likeness (QED) is 0.801. The lowest BCUT2D eigenvalue weighted by molar-refractivity contribution is 0.0697. The van der Waals surface area contributed by atoms with Crippen LogP contribution in [0.2, 0.25) is 0 Å². The normalized spacial score (nSPS) is 10.3. The van der Waals surface area contributed by atoms with Crippen molar-refractivity contribution in [1.29, 1.82) is 5.26 Å². The summed E-state index contributed by atoms with van der Waals surface area (Å²) in [5.74, 6) is -0.706. The van der Waals surface area contributed by atoms with E-state index >= 15 is 0 Å². The Kier molecular flexibility index (Phi) is 5.53. The van der Waals surface area contributed by atoms with Crippen molar-refractivity contribution in [3.05, 3.63) is 41.5 Å². The van der Waals surface area contributed by atoms with Crippen LogP contribution in [-0.4, -0.2) is 32.4 Å². The third-order valence-electron chi connectivity index (χ3n) is 3.30. The van der Waals surface area contributed by atoms with Crippen molar-refractivity contribution in [2.24, 2.45) is 10.2 Å². The second kappa shape index (κ2) is 7.79. The fourth-order valence-corrected chi connectivity index (χ4v) is 2.11. The molecular weight excluding hydrogens is 326 g/mol. The number of hydrogen-bond acceptors (Lipinski definition) is 7. The third kappa shape index (κ3) is 3.67. The van der Waals surface area contributed by atoms with Gasteiger partial charge in [0.25, 0.3) is 0 Å². The van der Waals surface area contributed by atoms with Gasteiger partial charge in [-0.3, -0.25) is 0 Å². The van der Waals surface area contributed by atoms with Gasteiger partial charge in [-0.2, -0.15) is 10.4 Å². The summed E-state index contributed by atoms with van der Waals surface area (Å²) in [7, 11) is 4.16. The molecular formula is C17H15N3O5. The molecule has 1 N–H and O–H groups in total. The molecule has 0 aliphatic heterocycles. The van der Waals surface area contributed by atoms with E-state index < -0.39 is 5.97 Å². The average molecular weight is 341 g/mol. The van der Waals surface area contributed by atoms with Crippen LogP contribution in [0.4, 0.5) is 11.4 Å². The first kappa shape index (κ1) is 17.7. The maximum Gasteiger partial charge on any atom is 0.338 e. The minimum Gasteiger partial charge on any atom is -0.493 e. The molecule has 0 atom stereocenters. The lowest BCUT2D eigenvalue weighted by Gasteiger charge is -2.15. The van der Waals surface area contributed by atoms with Gasteiger partial charge in [-0.15, -0.1) is 5.11 Å². The van der Waals surface area contributed by atoms with Crippen LogP contribution in [0, 0.1) is 11.3 Å². The van der Waals surface area contributed by atoms with Gasteiger partial charge in [-0.05, 0) is 24.3 Å². The number of rotatable bonds is 6. The molecule has 0 heterocycles. The van der Waals surface area contributed by atoms with Gasteiger partial charge in [-0.1, -0.05) is 0 Å². The van der Waals surface area contributed by atoms with Gasteiger partial charge in [0.1, 0.15) is 5.69 Å². The maximum atomic E-state index is 11.6. The molecule has 0 amide bonds. The summed E-state index contributed by atoms with van der Waals surface area (Å²) in [5.41, 5.74) is 0.782. The van der Waals surface area contributed by atoms with Gasteiger partial charge < -0.3 is 19.3 Å². The van der Waals surface area contributed by atoms with Crippen molar-refractivity contribution in [3.8, 4) is 23.3 Å². The molecule has 0 saturated carbocycles. The minimum absolute atomic E-state index is 0.00277. The molecule has 0 aliphatic rings. The molecule has 0 radical (unpaired) electrons. The Bertz CT molecular complexity index is 854. The van der Waals surface area contributed by atoms with E-state index in [0.29, 0.717) is 11.3 Å². The van der Waals surface area contributed by atoms with Gasteiger partial charge in [0.05, 0.1) is 44.2 Å². The van der Waals surface area contributed by atoms with Gasteiger partial charge in [0, 0.05) is 6.07 Å². The van der Waals surface area contributed by atoms with E-state index in [-0.39, 0.29) is 28.5 Å². The molecule has 128 valence electrons. The molecule has 2 aromatic carbocycles. The summed E-state index contributed by atoms with van der Waals surface area (Å²) in [4.78, 5) is 11.6. The number of azo groups is 1. The van der Waals surface area contributed by atoms with Crippen LogP contribution in [0.5, 0.6) is 17.2 Å². The monoisotopic (exact) mass is 341 g/mol. The fraction of sp³-hybridized carbons (Fsp3) is 0.176. The highest BCUT2D eigenvalue weighted by molar-refractivity contribution is 5.97. The van der Waals surface area contributed by atoms with Crippen LogP contribution in [0.1, 0.15) is 15.9 Å². The predicted octanol–water partition coefficient (Wildman–Crippen LogP) is 3.70. The average Bonchev–Trinajstić information content (AvgIpc) is 2.64. The number of nitrogens with zero attached hydrogens (tertiary/aromatic N) is 3. The lowest BCUT2D eigenvalue weighted by atomic mass is 10.1. The SMILES string of the molecule is COc1cc(C(=O)O)c(/N=N/c2ccc(C#N)cc2)c(OC)c1OC. The van der Waals surface area contributed by atoms with Crippen LogP contribution in [0.15, 0.2) is 40.6 Å². The van der Waals surface area contributed by atoms with Crippen LogP contribution in [0.25, 0.3) is 0 Å². The van der Waals surface area contributed by atoms with E-state index in [1.165, 1.54) is 27.4 Å². The number of benzene rings is 2. The van der Waals surface area contributed by atoms with Crippen molar-refractivity contribution in [2.45, 2.75) is 0 Å². The van der Waals surface area contributed by atoms with Crippen molar-refractivity contribution in [1.82, 2.24) is 0 Å². The molecule has 0 unspecified atom stereocenters. The summed E-state index contributed by atoms with van der Waals surface area (Å²) in [6, 6.07) is 9.64. The van der Waals surface area contributed by atoms with E-state index in [1.807, 2.05) is 6.07 Å². The van der Waals surface area contributed by atoms with Gasteiger partial charge >= 0.3 is 5.97 Å². The summed E-state index contributed by atoms with van der Waals surface area (Å²) in [5, 5.41) is 26.3. The Hall–Kier alpha value is -3.60. The van der Waals surface area contributed by atoms with E-state index in [1.54, 1.807) is 24.3 Å². The predicted molar refractivity (Wildman–Crippen MR) is 88.4 cm³/mol. The number of carbonyl (C=O) groups is 1. The van der Waals surface area contributed by atoms with E-state index in [0.717, 1.165) is 0 Å². The van der Waals surface area contributed by atoms with Crippen molar-refractivity contribution >= 4 is 17.3 Å². The van der Waals surface area contributed by atoms with E-state index in [2.05, 4.69) is 10.2 Å². The zero-order valence-corrected chi connectivity index (χ0v) is 13.8. The topological polar surface area (TPSA) is 114 Å². The third-order valence-corrected chi connectivity index (χ3v) is 3.30. The molecule has 0 fully saturated rings. The first-order chi connectivity index (χ1) is 12.0. The van der Waals surface area contributed by atoms with Crippen molar-refractivity contribution in [3.63, 3.8) is 0 Å². The van der Waals surface area contributed by atoms with Crippen molar-refractivity contribution in [2.75, 3.05) is 21.3 Å². The van der Waals surface area contributed by atoms with Crippen LogP contribution in [0.3, 0.4) is 0 Å². The number of carboxylic acid groups (broad SMARTS) is 1. The minimum atomic E-state index is -1.21. The van der Waals surface area contributed by atoms with E-state index in [9.17, 15) is 9.90 Å². The van der Waals surface area contributed by atoms with Gasteiger partial charge in [0.15, 0.2) is 11.5 Å². The smallest absolute Gasteiger partial charge is 0.338 e. The molecule has 0 saturated heterocycles. The molecule has 8 heteroatoms. The summed E-state index contributed by atoms with van der Waals surface area (Å²) >= 11 is 0. The molecule has 2 aromatic rings. The van der Waals surface area contributed by atoms with Crippen molar-refractivity contribution < 1.29 is 24.1 Å². The summed E-state index contributed by atoms with van der Waals surface area (Å²) in [6.45, 7) is 0. The maximum absolute atomic E-state index is 11.6. The Labute approximate surface area is 143 Å². The molecule has 2 rings (SSSR count). The van der Waals surface area contributed by atoms with Gasteiger partial charge in [0.2, 0.25) is 5.75 Å². The number of aromatic carboxylic acids is 1. The number of nitriles is 1. The Morgan fingerprint density at radius 2 is 1.68 bits per heavy atom. The standard InChI is InChI=1S/C17H15N3O5/c1-23-13-8-12(17(21)22)14(16(25-3)15(13)24-2)20-19-11-6-4-10(9-18)5-7-11/h4-8H,1-3H3,(H,21,22)/b20-19+. The summed E-state index contributed by atoms with van der Waals surface area (Å²) < 4.78 is 15.6. The molecule has 25 heavy (non-hydrogen) atoms. The largest absolute Gasteiger partial charge is 0.493 e. The second-order valence-corrected chi connectivity index (χ2v) is 4.71. The zero-order valence-electron chi connectivity index (χ0n) is 13.8. The zero-order chi connectivity index (χ0) is 18.4. The van der Waals surface area contributed by atoms with Crippen LogP contribution >= 0.6 is 0 Å². The molecule has 8 nitrogen and oxygen atoms in total. The molecule has 0 aliphatic carbocycles. The second-order valence-electron chi connectivity index (χ2n) is 4.71. The Balaban J connectivity index is 2.59. The number of carboxylic acids is 1. The molecule has 0 bridgehead atoms. The fourth-order valence-electron chi connectivity index (χ4n) is 2.11. The first-order valence-corrected chi connectivity index (χ1v) is 7.03. The van der Waals surface area contributed by atoms with E-state index in [4.69, 9.17) is 19.5 Å². The summed E-state index contributed by atoms with van der Waals surface area (Å²) in [6.07, 6.45) is 0. The Morgan fingerprint density at radius 3 is 2.16 bits per heavy atom. The lowest BCUT2D eigenvalue weighted by Crippen LogP contribution is -2.02. The highest BCUT2D eigenvalue weighted by atomic mass is 16.5. The number of ether oxygens (including phenoxy) is 3. The molecule has 0 aromatic heterocycles. The van der Waals surface area contributed by atoms with Gasteiger partial charge in [-0.25, -0.2) is 4.79 Å². The highest BCUT2D eigenvalue weighted by Gasteiger charge is 2.24. The molecule has 0 spiro atoms. The number of methoxy groups -OCH3 is 3. The number of hydrogen-bond donors (Lipinski definition) is 1. The Morgan fingerprint density at radius 1 is 1.04 bits per heavy atom.